The van der Waals surface area contributed by atoms with Gasteiger partial charge in [-0.25, -0.2) is 9.71 Å². The summed E-state index contributed by atoms with van der Waals surface area (Å²) in [7, 11) is -2.53. The van der Waals surface area contributed by atoms with E-state index in [0.717, 1.165) is 9.54 Å². The lowest BCUT2D eigenvalue weighted by Gasteiger charge is -2.10. The maximum atomic E-state index is 12.1. The average Bonchev–Trinajstić information content (AvgIpc) is 2.77. The number of aromatic nitrogens is 2. The van der Waals surface area contributed by atoms with Gasteiger partial charge in [0.25, 0.3) is 0 Å². The first kappa shape index (κ1) is 14.2. The van der Waals surface area contributed by atoms with Crippen molar-refractivity contribution in [2.24, 2.45) is 0 Å². The van der Waals surface area contributed by atoms with Crippen LogP contribution in [-0.2, 0) is 10.2 Å². The van der Waals surface area contributed by atoms with Crippen molar-refractivity contribution in [1.29, 1.82) is 5.26 Å². The van der Waals surface area contributed by atoms with Crippen molar-refractivity contribution in [3.05, 3.63) is 41.3 Å². The van der Waals surface area contributed by atoms with Gasteiger partial charge in [-0.3, -0.25) is 0 Å². The van der Waals surface area contributed by atoms with Gasteiger partial charge in [-0.05, 0) is 13.8 Å². The van der Waals surface area contributed by atoms with Crippen LogP contribution >= 0.6 is 0 Å². The third-order valence-corrected chi connectivity index (χ3v) is 4.29. The fourth-order valence-electron chi connectivity index (χ4n) is 1.94. The van der Waals surface area contributed by atoms with Crippen LogP contribution in [0.4, 0.5) is 0 Å². The van der Waals surface area contributed by atoms with Crippen molar-refractivity contribution in [2.45, 2.75) is 13.8 Å². The summed E-state index contributed by atoms with van der Waals surface area (Å²) < 4.78 is 27.4. The minimum atomic E-state index is -3.83. The first-order valence-corrected chi connectivity index (χ1v) is 7.35. The largest absolute Gasteiger partial charge is 0.307 e. The van der Waals surface area contributed by atoms with E-state index in [-0.39, 0.29) is 5.82 Å². The second kappa shape index (κ2) is 5.07. The summed E-state index contributed by atoms with van der Waals surface area (Å²) in [5.74, 6) is -0.160. The van der Waals surface area contributed by atoms with Gasteiger partial charge in [0.15, 0.2) is 0 Å². The molecule has 0 fully saturated rings. The van der Waals surface area contributed by atoms with Crippen molar-refractivity contribution in [2.75, 3.05) is 7.05 Å². The van der Waals surface area contributed by atoms with Crippen LogP contribution in [0.25, 0.3) is 11.3 Å². The van der Waals surface area contributed by atoms with Gasteiger partial charge in [0.05, 0.1) is 11.4 Å². The van der Waals surface area contributed by atoms with Crippen LogP contribution in [0.5, 0.6) is 0 Å². The third-order valence-electron chi connectivity index (χ3n) is 2.94. The van der Waals surface area contributed by atoms with Gasteiger partial charge < -0.3 is 0 Å². The molecule has 0 aliphatic heterocycles. The molecular formula is C13H14N4O2S. The van der Waals surface area contributed by atoms with Crippen LogP contribution in [0.15, 0.2) is 24.3 Å². The van der Waals surface area contributed by atoms with E-state index >= 15 is 0 Å². The van der Waals surface area contributed by atoms with Crippen LogP contribution in [0, 0.1) is 25.2 Å². The van der Waals surface area contributed by atoms with Crippen LogP contribution in [0.1, 0.15) is 17.1 Å². The molecule has 20 heavy (non-hydrogen) atoms. The molecule has 0 aliphatic rings. The number of hydrogen-bond donors (Lipinski definition) is 1. The summed E-state index contributed by atoms with van der Waals surface area (Å²) in [5.41, 5.74) is 2.65. The monoisotopic (exact) mass is 290 g/mol. The number of nitrogens with zero attached hydrogens (tertiary/aromatic N) is 3. The quantitative estimate of drug-likeness (QED) is 0.924. The number of imidazole rings is 1. The van der Waals surface area contributed by atoms with Gasteiger partial charge >= 0.3 is 10.2 Å². The number of nitriles is 1. The summed E-state index contributed by atoms with van der Waals surface area (Å²) in [5, 5.41) is 9.08. The highest BCUT2D eigenvalue weighted by Crippen LogP contribution is 2.26. The van der Waals surface area contributed by atoms with Crippen molar-refractivity contribution in [3.8, 4) is 17.3 Å². The maximum absolute atomic E-state index is 12.1. The molecule has 0 unspecified atom stereocenters. The summed E-state index contributed by atoms with van der Waals surface area (Å²) in [4.78, 5) is 4.02. The molecule has 0 bridgehead atoms. The van der Waals surface area contributed by atoms with E-state index in [2.05, 4.69) is 9.71 Å². The molecule has 7 heteroatoms. The molecule has 2 rings (SSSR count). The number of benzene rings is 1. The van der Waals surface area contributed by atoms with Crippen LogP contribution in [-0.4, -0.2) is 24.4 Å². The zero-order valence-corrected chi connectivity index (χ0v) is 12.2. The van der Waals surface area contributed by atoms with Gasteiger partial charge in [-0.2, -0.15) is 17.7 Å². The van der Waals surface area contributed by atoms with Gasteiger partial charge in [0.1, 0.15) is 6.07 Å². The van der Waals surface area contributed by atoms with Gasteiger partial charge in [0, 0.05) is 12.6 Å². The highest BCUT2D eigenvalue weighted by molar-refractivity contribution is 7.88. The number of rotatable bonds is 3. The lowest BCUT2D eigenvalue weighted by atomic mass is 10.1. The van der Waals surface area contributed by atoms with Crippen molar-refractivity contribution in [3.63, 3.8) is 0 Å². The van der Waals surface area contributed by atoms with Crippen LogP contribution in [0.3, 0.4) is 0 Å². The predicted molar refractivity (Wildman–Crippen MR) is 75.2 cm³/mol. The summed E-state index contributed by atoms with van der Waals surface area (Å²) in [6, 6.07) is 9.18. The summed E-state index contributed by atoms with van der Waals surface area (Å²) in [6.07, 6.45) is 0. The normalized spacial score (nSPS) is 11.3. The Labute approximate surface area is 117 Å². The zero-order chi connectivity index (χ0) is 14.9. The molecule has 6 nitrogen and oxygen atoms in total. The van der Waals surface area contributed by atoms with E-state index in [0.29, 0.717) is 17.0 Å². The molecule has 1 N–H and O–H groups in total. The average molecular weight is 290 g/mol. The van der Waals surface area contributed by atoms with Crippen LogP contribution in [0.2, 0.25) is 0 Å². The van der Waals surface area contributed by atoms with Gasteiger partial charge in [0.2, 0.25) is 5.82 Å². The molecule has 0 amide bonds. The fourth-order valence-corrected chi connectivity index (χ4v) is 2.91. The summed E-state index contributed by atoms with van der Waals surface area (Å²) in [6.45, 7) is 3.62. The standard InChI is InChI=1S/C13H14N4O2S/c1-9-4-6-11(7-5-9)13-10(2)16-12(8-14)17(13)20(18,19)15-3/h4-7,15H,1-3H3. The van der Waals surface area contributed by atoms with Gasteiger partial charge in [-0.15, -0.1) is 0 Å². The SMILES string of the molecule is CNS(=O)(=O)n1c(C#N)nc(C)c1-c1ccc(C)cc1. The van der Waals surface area contributed by atoms with E-state index in [1.165, 1.54) is 7.05 Å². The highest BCUT2D eigenvalue weighted by atomic mass is 32.2. The topological polar surface area (TPSA) is 87.8 Å². The molecule has 1 heterocycles. The van der Waals surface area contributed by atoms with E-state index in [1.807, 2.05) is 37.3 Å². The Kier molecular flexibility index (Phi) is 3.61. The molecular weight excluding hydrogens is 276 g/mol. The molecule has 1 aromatic carbocycles. The second-order valence-corrected chi connectivity index (χ2v) is 6.04. The Bertz CT molecular complexity index is 783. The Morgan fingerprint density at radius 3 is 2.35 bits per heavy atom. The lowest BCUT2D eigenvalue weighted by molar-refractivity contribution is 0.579. The predicted octanol–water partition coefficient (Wildman–Crippen LogP) is 1.35. The molecule has 0 radical (unpaired) electrons. The van der Waals surface area contributed by atoms with E-state index in [9.17, 15) is 8.42 Å². The minimum absolute atomic E-state index is 0.160. The lowest BCUT2D eigenvalue weighted by Crippen LogP contribution is -2.28. The third kappa shape index (κ3) is 2.31. The number of nitrogens with one attached hydrogen (secondary N) is 1. The first-order chi connectivity index (χ1) is 9.40. The van der Waals surface area contributed by atoms with Crippen LogP contribution < -0.4 is 4.72 Å². The minimum Gasteiger partial charge on any atom is -0.223 e. The van der Waals surface area contributed by atoms with E-state index < -0.39 is 10.2 Å². The molecule has 0 spiro atoms. The molecule has 0 aliphatic carbocycles. The molecule has 0 saturated carbocycles. The smallest absolute Gasteiger partial charge is 0.223 e. The Hall–Kier alpha value is -2.17. The van der Waals surface area contributed by atoms with Crippen molar-refractivity contribution >= 4 is 10.2 Å². The number of aryl methyl sites for hydroxylation is 2. The molecule has 0 saturated heterocycles. The first-order valence-electron chi connectivity index (χ1n) is 5.91. The van der Waals surface area contributed by atoms with E-state index in [1.54, 1.807) is 6.92 Å². The zero-order valence-electron chi connectivity index (χ0n) is 11.4. The summed E-state index contributed by atoms with van der Waals surface area (Å²) >= 11 is 0. The van der Waals surface area contributed by atoms with Crippen molar-refractivity contribution in [1.82, 2.24) is 13.7 Å². The van der Waals surface area contributed by atoms with Gasteiger partial charge in [-0.1, -0.05) is 29.8 Å². The molecule has 1 aromatic heterocycles. The Morgan fingerprint density at radius 2 is 1.85 bits per heavy atom. The number of hydrogen-bond acceptors (Lipinski definition) is 4. The van der Waals surface area contributed by atoms with Crippen molar-refractivity contribution < 1.29 is 8.42 Å². The van der Waals surface area contributed by atoms with E-state index in [4.69, 9.17) is 5.26 Å². The molecule has 2 aromatic rings. The molecule has 0 atom stereocenters. The Balaban J connectivity index is 2.80. The highest BCUT2D eigenvalue weighted by Gasteiger charge is 2.24. The molecule has 104 valence electrons. The fraction of sp³-hybridized carbons (Fsp3) is 0.231. The Morgan fingerprint density at radius 1 is 1.25 bits per heavy atom. The maximum Gasteiger partial charge on any atom is 0.307 e. The second-order valence-electron chi connectivity index (χ2n) is 4.32.